The average molecular weight is 496 g/mol. The van der Waals surface area contributed by atoms with E-state index in [4.69, 9.17) is 0 Å². The Hall–Kier alpha value is -3.11. The molecule has 0 spiro atoms. The van der Waals surface area contributed by atoms with E-state index in [1.165, 1.54) is 4.90 Å². The third-order valence-corrected chi connectivity index (χ3v) is 8.98. The molecule has 3 aliphatic heterocycles. The van der Waals surface area contributed by atoms with Crippen LogP contribution in [-0.4, -0.2) is 61.5 Å². The zero-order chi connectivity index (χ0) is 25.4. The minimum atomic E-state index is -1.33. The van der Waals surface area contributed by atoms with Gasteiger partial charge >= 0.3 is 0 Å². The molecule has 0 saturated carbocycles. The summed E-state index contributed by atoms with van der Waals surface area (Å²) < 4.78 is 18.0. The fourth-order valence-corrected chi connectivity index (χ4v) is 6.93. The number of aryl methyl sites for hydroxylation is 1. The van der Waals surface area contributed by atoms with E-state index in [2.05, 4.69) is 15.3 Å². The van der Waals surface area contributed by atoms with Gasteiger partial charge in [-0.25, -0.2) is 4.39 Å². The van der Waals surface area contributed by atoms with Crippen molar-refractivity contribution in [2.24, 2.45) is 12.5 Å². The van der Waals surface area contributed by atoms with Gasteiger partial charge in [0, 0.05) is 61.4 Å². The Bertz CT molecular complexity index is 1310. The number of rotatable bonds is 4. The Kier molecular flexibility index (Phi) is 5.14. The van der Waals surface area contributed by atoms with Crippen molar-refractivity contribution in [3.8, 4) is 0 Å². The topological polar surface area (TPSA) is 108 Å². The number of nitrogens with one attached hydrogen (secondary N) is 1. The van der Waals surface area contributed by atoms with Crippen molar-refractivity contribution in [2.75, 3.05) is 13.1 Å². The van der Waals surface area contributed by atoms with Crippen LogP contribution in [0, 0.1) is 11.2 Å². The van der Waals surface area contributed by atoms with Crippen LogP contribution in [0.5, 0.6) is 0 Å². The third-order valence-electron chi connectivity index (χ3n) is 8.98. The maximum atomic E-state index is 16.2. The summed E-state index contributed by atoms with van der Waals surface area (Å²) in [5.41, 5.74) is 0.681. The second kappa shape index (κ2) is 7.94. The van der Waals surface area contributed by atoms with Gasteiger partial charge in [-0.05, 0) is 43.4 Å². The molecule has 6 rings (SSSR count). The molecule has 3 amide bonds. The number of halogens is 1. The number of nitrogens with zero attached hydrogens (tertiary/aromatic N) is 4. The standard InChI is InChI=1S/C26H30FN5O4/c1-3-25-11-15-10-17-18(13-32(24(17)35)19-4-5-20(33)29-23(19)34)22(27)21(15)26(25,36)7-9-31(14-25)12-16-6-8-28-30(16)2/h6,8,10,19,36H,3-5,7,9,11-14H2,1-2H3,(H,29,33,34). The van der Waals surface area contributed by atoms with E-state index in [1.54, 1.807) is 12.3 Å². The third kappa shape index (κ3) is 3.13. The second-order valence-corrected chi connectivity index (χ2v) is 10.7. The van der Waals surface area contributed by atoms with Gasteiger partial charge in [0.2, 0.25) is 11.8 Å². The van der Waals surface area contributed by atoms with E-state index in [1.807, 2.05) is 24.7 Å². The van der Waals surface area contributed by atoms with Crippen molar-refractivity contribution in [1.82, 2.24) is 24.9 Å². The van der Waals surface area contributed by atoms with Gasteiger partial charge in [-0.1, -0.05) is 6.92 Å². The summed E-state index contributed by atoms with van der Waals surface area (Å²) in [5, 5.41) is 18.6. The highest BCUT2D eigenvalue weighted by molar-refractivity contribution is 6.05. The van der Waals surface area contributed by atoms with Crippen molar-refractivity contribution in [2.45, 2.75) is 63.8 Å². The number of benzene rings is 1. The van der Waals surface area contributed by atoms with Crippen LogP contribution in [0.3, 0.4) is 0 Å². The van der Waals surface area contributed by atoms with Gasteiger partial charge in [-0.3, -0.25) is 29.3 Å². The first-order chi connectivity index (χ1) is 17.2. The highest BCUT2D eigenvalue weighted by atomic mass is 19.1. The predicted octanol–water partition coefficient (Wildman–Crippen LogP) is 1.37. The van der Waals surface area contributed by atoms with Crippen LogP contribution in [0.4, 0.5) is 4.39 Å². The lowest BCUT2D eigenvalue weighted by Gasteiger charge is -2.50. The number of hydrogen-bond acceptors (Lipinski definition) is 6. The van der Waals surface area contributed by atoms with Crippen LogP contribution in [0.25, 0.3) is 0 Å². The number of piperidine rings is 2. The number of likely N-dealkylation sites (tertiary alicyclic amines) is 1. The Morgan fingerprint density at radius 3 is 2.81 bits per heavy atom. The molecule has 190 valence electrons. The number of amides is 3. The summed E-state index contributed by atoms with van der Waals surface area (Å²) in [5.74, 6) is -1.81. The van der Waals surface area contributed by atoms with Crippen LogP contribution in [0.1, 0.15) is 65.3 Å². The Balaban J connectivity index is 1.32. The first kappa shape index (κ1) is 23.3. The maximum absolute atomic E-state index is 16.2. The number of fused-ring (bicyclic) bond motifs is 4. The molecule has 3 atom stereocenters. The molecular formula is C26H30FN5O4. The van der Waals surface area contributed by atoms with Crippen molar-refractivity contribution in [1.29, 1.82) is 0 Å². The summed E-state index contributed by atoms with van der Waals surface area (Å²) in [7, 11) is 1.91. The van der Waals surface area contributed by atoms with E-state index < -0.39 is 34.7 Å². The van der Waals surface area contributed by atoms with Crippen LogP contribution in [0.15, 0.2) is 18.3 Å². The fraction of sp³-hybridized carbons (Fsp3) is 0.538. The summed E-state index contributed by atoms with van der Waals surface area (Å²) in [6.45, 7) is 3.91. The normalized spacial score (nSPS) is 29.8. The Labute approximate surface area is 208 Å². The smallest absolute Gasteiger partial charge is 0.255 e. The first-order valence-electron chi connectivity index (χ1n) is 12.6. The van der Waals surface area contributed by atoms with Gasteiger partial charge < -0.3 is 10.0 Å². The van der Waals surface area contributed by atoms with Gasteiger partial charge in [-0.2, -0.15) is 5.10 Å². The molecule has 2 saturated heterocycles. The van der Waals surface area contributed by atoms with Crippen LogP contribution in [-0.2, 0) is 41.7 Å². The highest BCUT2D eigenvalue weighted by Crippen LogP contribution is 2.58. The lowest BCUT2D eigenvalue weighted by molar-refractivity contribution is -0.137. The molecule has 2 N–H and O–H groups in total. The number of aromatic nitrogens is 2. The number of carbonyl (C=O) groups is 3. The molecule has 1 aromatic carbocycles. The van der Waals surface area contributed by atoms with Crippen molar-refractivity contribution >= 4 is 17.7 Å². The van der Waals surface area contributed by atoms with Crippen molar-refractivity contribution in [3.05, 3.63) is 52.1 Å². The molecule has 3 unspecified atom stereocenters. The van der Waals surface area contributed by atoms with E-state index in [0.29, 0.717) is 50.0 Å². The molecule has 36 heavy (non-hydrogen) atoms. The number of carbonyl (C=O) groups excluding carboxylic acids is 3. The Morgan fingerprint density at radius 2 is 2.11 bits per heavy atom. The molecule has 1 aromatic heterocycles. The van der Waals surface area contributed by atoms with Gasteiger partial charge in [0.05, 0.1) is 12.2 Å². The molecule has 1 aliphatic carbocycles. The lowest BCUT2D eigenvalue weighted by Crippen LogP contribution is -2.56. The Morgan fingerprint density at radius 1 is 1.31 bits per heavy atom. The maximum Gasteiger partial charge on any atom is 0.255 e. The molecule has 2 fully saturated rings. The van der Waals surface area contributed by atoms with Crippen LogP contribution < -0.4 is 5.32 Å². The highest BCUT2D eigenvalue weighted by Gasteiger charge is 2.60. The van der Waals surface area contributed by atoms with Gasteiger partial charge in [-0.15, -0.1) is 0 Å². The summed E-state index contributed by atoms with van der Waals surface area (Å²) in [4.78, 5) is 40.9. The molecule has 4 heterocycles. The van der Waals surface area contributed by atoms with E-state index in [0.717, 1.165) is 5.69 Å². The van der Waals surface area contributed by atoms with Gasteiger partial charge in [0.15, 0.2) is 0 Å². The van der Waals surface area contributed by atoms with Crippen LogP contribution >= 0.6 is 0 Å². The van der Waals surface area contributed by atoms with Crippen molar-refractivity contribution in [3.63, 3.8) is 0 Å². The van der Waals surface area contributed by atoms with E-state index in [-0.39, 0.29) is 36.4 Å². The minimum absolute atomic E-state index is 0.0403. The first-order valence-corrected chi connectivity index (χ1v) is 12.6. The van der Waals surface area contributed by atoms with Gasteiger partial charge in [0.25, 0.3) is 5.91 Å². The minimum Gasteiger partial charge on any atom is -0.384 e. The van der Waals surface area contributed by atoms with E-state index in [9.17, 15) is 19.5 Å². The molecule has 10 heteroatoms. The van der Waals surface area contributed by atoms with E-state index >= 15 is 4.39 Å². The monoisotopic (exact) mass is 495 g/mol. The molecule has 2 aromatic rings. The summed E-state index contributed by atoms with van der Waals surface area (Å²) in [6.07, 6.45) is 3.67. The molecule has 9 nitrogen and oxygen atoms in total. The quantitative estimate of drug-likeness (QED) is 0.621. The predicted molar refractivity (Wildman–Crippen MR) is 126 cm³/mol. The summed E-state index contributed by atoms with van der Waals surface area (Å²) in [6, 6.07) is 2.92. The number of imide groups is 1. The molecular weight excluding hydrogens is 465 g/mol. The molecule has 4 aliphatic rings. The van der Waals surface area contributed by atoms with Crippen molar-refractivity contribution < 1.29 is 23.9 Å². The van der Waals surface area contributed by atoms with Crippen LogP contribution in [0.2, 0.25) is 0 Å². The molecule has 0 radical (unpaired) electrons. The van der Waals surface area contributed by atoms with Gasteiger partial charge in [0.1, 0.15) is 17.5 Å². The SMILES string of the molecule is CCC12Cc3cc4c(c(F)c3C1(O)CCN(Cc1ccnn1C)C2)CN(C1CCC(=O)NC1=O)C4=O. The number of hydrogen-bond donors (Lipinski definition) is 2. The second-order valence-electron chi connectivity index (χ2n) is 10.7. The average Bonchev–Trinajstić information content (AvgIpc) is 3.47. The summed E-state index contributed by atoms with van der Waals surface area (Å²) >= 11 is 0. The zero-order valence-electron chi connectivity index (χ0n) is 20.5. The molecule has 0 bridgehead atoms. The lowest BCUT2D eigenvalue weighted by atomic mass is 9.66. The number of aliphatic hydroxyl groups is 1. The zero-order valence-corrected chi connectivity index (χ0v) is 20.5. The largest absolute Gasteiger partial charge is 0.384 e. The fourth-order valence-electron chi connectivity index (χ4n) is 6.93.